The molecule has 5 nitrogen and oxygen atoms in total. The van der Waals surface area contributed by atoms with Crippen molar-refractivity contribution in [2.45, 2.75) is 18.0 Å². The minimum atomic E-state index is -0.165. The molecule has 1 aromatic carbocycles. The number of nitrogens with one attached hydrogen (secondary N) is 2. The van der Waals surface area contributed by atoms with Crippen molar-refractivity contribution in [3.05, 3.63) is 57.7 Å². The van der Waals surface area contributed by atoms with E-state index in [1.165, 1.54) is 28.7 Å². The zero-order valence-electron chi connectivity index (χ0n) is 13.1. The number of carbonyl (C=O) groups is 1. The quantitative estimate of drug-likeness (QED) is 0.524. The second kappa shape index (κ2) is 7.63. The van der Waals surface area contributed by atoms with Crippen LogP contribution in [-0.2, 0) is 4.79 Å². The number of thioether (sulfide) groups is 1. The van der Waals surface area contributed by atoms with Crippen LogP contribution in [0.1, 0.15) is 18.4 Å². The first-order valence-corrected chi connectivity index (χ1v) is 9.42. The van der Waals surface area contributed by atoms with Crippen LogP contribution in [0, 0.1) is 0 Å². The van der Waals surface area contributed by atoms with E-state index in [1.54, 1.807) is 6.07 Å². The molecule has 2 aromatic heterocycles. The minimum absolute atomic E-state index is 0.0725. The van der Waals surface area contributed by atoms with Gasteiger partial charge in [-0.3, -0.25) is 9.59 Å². The number of benzene rings is 1. The van der Waals surface area contributed by atoms with E-state index in [9.17, 15) is 9.59 Å². The maximum Gasteiger partial charge on any atom is 0.260 e. The normalized spacial score (nSPS) is 12.2. The highest BCUT2D eigenvalue weighted by Gasteiger charge is 2.10. The third kappa shape index (κ3) is 4.04. The van der Waals surface area contributed by atoms with Gasteiger partial charge in [0.2, 0.25) is 5.91 Å². The lowest BCUT2D eigenvalue weighted by molar-refractivity contribution is -0.118. The number of fused-ring (bicyclic) bond motifs is 1. The van der Waals surface area contributed by atoms with Crippen molar-refractivity contribution in [1.29, 1.82) is 0 Å². The van der Waals surface area contributed by atoms with Crippen molar-refractivity contribution in [2.24, 2.45) is 0 Å². The van der Waals surface area contributed by atoms with Crippen LogP contribution in [0.4, 0.5) is 0 Å². The van der Waals surface area contributed by atoms with Crippen LogP contribution in [-0.4, -0.2) is 28.2 Å². The second-order valence-electron chi connectivity index (χ2n) is 5.41. The van der Waals surface area contributed by atoms with E-state index in [0.29, 0.717) is 21.9 Å². The maximum atomic E-state index is 12.0. The molecule has 0 saturated heterocycles. The van der Waals surface area contributed by atoms with Crippen molar-refractivity contribution in [2.75, 3.05) is 12.3 Å². The molecule has 2 N–H and O–H groups in total. The highest BCUT2D eigenvalue weighted by molar-refractivity contribution is 7.99. The molecule has 24 heavy (non-hydrogen) atoms. The molecule has 0 unspecified atom stereocenters. The fourth-order valence-corrected chi connectivity index (χ4v) is 3.78. The lowest BCUT2D eigenvalue weighted by Crippen LogP contribution is -2.29. The Balaban J connectivity index is 1.52. The van der Waals surface area contributed by atoms with Gasteiger partial charge in [0.05, 0.1) is 11.1 Å². The van der Waals surface area contributed by atoms with Gasteiger partial charge >= 0.3 is 0 Å². The lowest BCUT2D eigenvalue weighted by atomic mass is 10.0. The molecule has 3 aromatic rings. The van der Waals surface area contributed by atoms with Crippen molar-refractivity contribution in [3.63, 3.8) is 0 Å². The van der Waals surface area contributed by atoms with Crippen molar-refractivity contribution in [1.82, 2.24) is 15.3 Å². The molecule has 0 saturated carbocycles. The molecule has 0 aliphatic carbocycles. The van der Waals surface area contributed by atoms with Crippen LogP contribution in [0.3, 0.4) is 0 Å². The van der Waals surface area contributed by atoms with Gasteiger partial charge in [0.25, 0.3) is 5.56 Å². The fraction of sp³-hybridized carbons (Fsp3) is 0.235. The van der Waals surface area contributed by atoms with Gasteiger partial charge in [0.15, 0.2) is 5.16 Å². The predicted molar refractivity (Wildman–Crippen MR) is 98.8 cm³/mol. The molecule has 1 amide bonds. The first-order chi connectivity index (χ1) is 11.6. The molecule has 124 valence electrons. The Morgan fingerprint density at radius 1 is 1.33 bits per heavy atom. The Bertz CT molecular complexity index is 889. The summed E-state index contributed by atoms with van der Waals surface area (Å²) in [5, 5.41) is 5.82. The molecule has 0 aliphatic rings. The van der Waals surface area contributed by atoms with Gasteiger partial charge in [-0.05, 0) is 22.9 Å². The molecule has 0 aliphatic heterocycles. The number of rotatable bonds is 6. The SMILES string of the molecule is C[C@@H](CNC(=O)CSc1nc2sccc2c(=O)[nH]1)c1ccccc1. The third-order valence-corrected chi connectivity index (χ3v) is 5.31. The van der Waals surface area contributed by atoms with E-state index >= 15 is 0 Å². The van der Waals surface area contributed by atoms with Crippen molar-refractivity contribution >= 4 is 39.2 Å². The predicted octanol–water partition coefficient (Wildman–Crippen LogP) is 3.00. The average Bonchev–Trinajstić information content (AvgIpc) is 3.08. The molecule has 0 radical (unpaired) electrons. The summed E-state index contributed by atoms with van der Waals surface area (Å²) in [6.45, 7) is 2.66. The van der Waals surface area contributed by atoms with Crippen LogP contribution >= 0.6 is 23.1 Å². The summed E-state index contributed by atoms with van der Waals surface area (Å²) >= 11 is 2.65. The Labute approximate surface area is 147 Å². The van der Waals surface area contributed by atoms with Crippen molar-refractivity contribution < 1.29 is 4.79 Å². The van der Waals surface area contributed by atoms with Gasteiger partial charge in [0.1, 0.15) is 4.83 Å². The molecule has 0 fully saturated rings. The number of carbonyl (C=O) groups excluding carboxylic acids is 1. The minimum Gasteiger partial charge on any atom is -0.355 e. The van der Waals surface area contributed by atoms with Crippen LogP contribution in [0.25, 0.3) is 10.2 Å². The summed E-state index contributed by atoms with van der Waals surface area (Å²) in [7, 11) is 0. The van der Waals surface area contributed by atoms with E-state index < -0.39 is 0 Å². The zero-order valence-corrected chi connectivity index (χ0v) is 14.7. The van der Waals surface area contributed by atoms with Gasteiger partial charge in [-0.25, -0.2) is 4.98 Å². The molecular formula is C17H17N3O2S2. The van der Waals surface area contributed by atoms with E-state index in [1.807, 2.05) is 23.6 Å². The van der Waals surface area contributed by atoms with E-state index in [0.717, 1.165) is 0 Å². The van der Waals surface area contributed by atoms with Gasteiger partial charge in [-0.2, -0.15) is 0 Å². The highest BCUT2D eigenvalue weighted by Crippen LogP contribution is 2.18. The van der Waals surface area contributed by atoms with Crippen LogP contribution < -0.4 is 10.9 Å². The number of nitrogens with zero attached hydrogens (tertiary/aromatic N) is 1. The molecule has 7 heteroatoms. The second-order valence-corrected chi connectivity index (χ2v) is 7.27. The average molecular weight is 359 g/mol. The number of hydrogen-bond donors (Lipinski definition) is 2. The third-order valence-electron chi connectivity index (χ3n) is 3.63. The Hall–Kier alpha value is -2.12. The summed E-state index contributed by atoms with van der Waals surface area (Å²) in [4.78, 5) is 31.6. The standard InChI is InChI=1S/C17H17N3O2S2/c1-11(12-5-3-2-4-6-12)9-18-14(21)10-24-17-19-15(22)13-7-8-23-16(13)20-17/h2-8,11H,9-10H2,1H3,(H,18,21)(H,19,20,22)/t11-/m0/s1. The Morgan fingerprint density at radius 2 is 2.12 bits per heavy atom. The lowest BCUT2D eigenvalue weighted by Gasteiger charge is -2.12. The van der Waals surface area contributed by atoms with Crippen molar-refractivity contribution in [3.8, 4) is 0 Å². The zero-order chi connectivity index (χ0) is 16.9. The summed E-state index contributed by atoms with van der Waals surface area (Å²) in [6, 6.07) is 11.8. The summed E-state index contributed by atoms with van der Waals surface area (Å²) in [5.41, 5.74) is 1.03. The number of amides is 1. The fourth-order valence-electron chi connectivity index (χ4n) is 2.26. The van der Waals surface area contributed by atoms with Crippen LogP contribution in [0.2, 0.25) is 0 Å². The molecular weight excluding hydrogens is 342 g/mol. The molecule has 2 heterocycles. The number of hydrogen-bond acceptors (Lipinski definition) is 5. The molecule has 0 bridgehead atoms. The number of aromatic nitrogens is 2. The smallest absolute Gasteiger partial charge is 0.260 e. The van der Waals surface area contributed by atoms with Crippen LogP contribution in [0.5, 0.6) is 0 Å². The molecule has 3 rings (SSSR count). The molecule has 0 spiro atoms. The van der Waals surface area contributed by atoms with Gasteiger partial charge in [0, 0.05) is 6.54 Å². The highest BCUT2D eigenvalue weighted by atomic mass is 32.2. The Morgan fingerprint density at radius 3 is 2.92 bits per heavy atom. The number of thiophene rings is 1. The van der Waals surface area contributed by atoms with E-state index in [4.69, 9.17) is 0 Å². The topological polar surface area (TPSA) is 74.8 Å². The molecule has 1 atom stereocenters. The van der Waals surface area contributed by atoms with Crippen LogP contribution in [0.15, 0.2) is 51.7 Å². The number of H-pyrrole nitrogens is 1. The summed E-state index contributed by atoms with van der Waals surface area (Å²) in [5.74, 6) is 0.402. The number of aromatic amines is 1. The summed E-state index contributed by atoms with van der Waals surface area (Å²) in [6.07, 6.45) is 0. The van der Waals surface area contributed by atoms with E-state index in [-0.39, 0.29) is 23.1 Å². The maximum absolute atomic E-state index is 12.0. The largest absolute Gasteiger partial charge is 0.355 e. The van der Waals surface area contributed by atoms with Gasteiger partial charge in [-0.15, -0.1) is 11.3 Å². The van der Waals surface area contributed by atoms with Gasteiger partial charge in [-0.1, -0.05) is 49.0 Å². The van der Waals surface area contributed by atoms with Gasteiger partial charge < -0.3 is 10.3 Å². The van der Waals surface area contributed by atoms with E-state index in [2.05, 4.69) is 34.3 Å². The summed E-state index contributed by atoms with van der Waals surface area (Å²) < 4.78 is 0. The monoisotopic (exact) mass is 359 g/mol. The Kier molecular flexibility index (Phi) is 5.32. The first-order valence-electron chi connectivity index (χ1n) is 7.55. The first kappa shape index (κ1) is 16.7.